The van der Waals surface area contributed by atoms with Crippen LogP contribution in [0, 0.1) is 0 Å². The van der Waals surface area contributed by atoms with Gasteiger partial charge in [-0.1, -0.05) is 15.9 Å². The first-order chi connectivity index (χ1) is 7.39. The number of halogens is 4. The van der Waals surface area contributed by atoms with Gasteiger partial charge in [-0.3, -0.25) is 4.79 Å². The SMILES string of the molecule is COc1c[nH]c(OC(F)(F)F)c(CBr)c1=O. The summed E-state index contributed by atoms with van der Waals surface area (Å²) in [7, 11) is 1.24. The minimum atomic E-state index is -4.85. The molecule has 0 saturated carbocycles. The lowest BCUT2D eigenvalue weighted by Gasteiger charge is -2.12. The quantitative estimate of drug-likeness (QED) is 0.871. The van der Waals surface area contributed by atoms with Crippen molar-refractivity contribution in [2.24, 2.45) is 0 Å². The summed E-state index contributed by atoms with van der Waals surface area (Å²) < 4.78 is 44.3. The molecule has 0 radical (unpaired) electrons. The predicted molar refractivity (Wildman–Crippen MR) is 52.9 cm³/mol. The topological polar surface area (TPSA) is 51.3 Å². The Bertz CT molecular complexity index is 430. The highest BCUT2D eigenvalue weighted by Gasteiger charge is 2.33. The molecule has 0 unspecified atom stereocenters. The lowest BCUT2D eigenvalue weighted by atomic mass is 10.3. The molecule has 0 aliphatic heterocycles. The Morgan fingerprint density at radius 3 is 2.56 bits per heavy atom. The smallest absolute Gasteiger partial charge is 0.491 e. The maximum Gasteiger partial charge on any atom is 0.574 e. The first-order valence-corrected chi connectivity index (χ1v) is 5.11. The number of pyridine rings is 1. The van der Waals surface area contributed by atoms with Gasteiger partial charge in [-0.15, -0.1) is 13.2 Å². The van der Waals surface area contributed by atoms with Gasteiger partial charge in [0.15, 0.2) is 5.75 Å². The second-order valence-electron chi connectivity index (χ2n) is 2.68. The van der Waals surface area contributed by atoms with Gasteiger partial charge in [0.2, 0.25) is 11.3 Å². The fourth-order valence-corrected chi connectivity index (χ4v) is 1.52. The van der Waals surface area contributed by atoms with E-state index < -0.39 is 17.7 Å². The number of hydrogen-bond acceptors (Lipinski definition) is 3. The Hall–Kier alpha value is -1.18. The number of hydrogen-bond donors (Lipinski definition) is 1. The molecule has 1 aromatic heterocycles. The van der Waals surface area contributed by atoms with Gasteiger partial charge < -0.3 is 14.5 Å². The second kappa shape index (κ2) is 4.77. The molecule has 0 bridgehead atoms. The molecule has 0 aliphatic carbocycles. The first-order valence-electron chi connectivity index (χ1n) is 3.99. The molecule has 0 fully saturated rings. The molecular formula is C8H7BrF3NO3. The van der Waals surface area contributed by atoms with E-state index in [0.29, 0.717) is 0 Å². The molecule has 1 rings (SSSR count). The second-order valence-corrected chi connectivity index (χ2v) is 3.24. The molecule has 0 amide bonds. The molecule has 1 N–H and O–H groups in total. The number of aromatic nitrogens is 1. The van der Waals surface area contributed by atoms with Crippen LogP contribution in [0.1, 0.15) is 5.56 Å². The van der Waals surface area contributed by atoms with Crippen LogP contribution in [0.3, 0.4) is 0 Å². The molecule has 0 atom stereocenters. The van der Waals surface area contributed by atoms with Gasteiger partial charge in [-0.2, -0.15) is 0 Å². The van der Waals surface area contributed by atoms with E-state index >= 15 is 0 Å². The molecular weight excluding hydrogens is 295 g/mol. The van der Waals surface area contributed by atoms with Crippen LogP contribution in [0.2, 0.25) is 0 Å². The summed E-state index contributed by atoms with van der Waals surface area (Å²) in [6, 6.07) is 0. The van der Waals surface area contributed by atoms with Crippen molar-refractivity contribution in [2.75, 3.05) is 7.11 Å². The molecule has 8 heteroatoms. The molecule has 0 saturated heterocycles. The highest BCUT2D eigenvalue weighted by molar-refractivity contribution is 9.08. The van der Waals surface area contributed by atoms with Gasteiger partial charge in [0.05, 0.1) is 18.9 Å². The Kier molecular flexibility index (Phi) is 3.84. The minimum Gasteiger partial charge on any atom is -0.491 e. The third-order valence-corrected chi connectivity index (χ3v) is 2.24. The zero-order valence-electron chi connectivity index (χ0n) is 8.02. The Labute approximate surface area is 96.5 Å². The lowest BCUT2D eigenvalue weighted by molar-refractivity contribution is -0.276. The van der Waals surface area contributed by atoms with E-state index in [1.165, 1.54) is 7.11 Å². The zero-order chi connectivity index (χ0) is 12.3. The van der Waals surface area contributed by atoms with E-state index in [1.54, 1.807) is 0 Å². The highest BCUT2D eigenvalue weighted by Crippen LogP contribution is 2.24. The molecule has 90 valence electrons. The van der Waals surface area contributed by atoms with Crippen molar-refractivity contribution in [3.63, 3.8) is 0 Å². The van der Waals surface area contributed by atoms with Crippen LogP contribution >= 0.6 is 15.9 Å². The van der Waals surface area contributed by atoms with Crippen molar-refractivity contribution >= 4 is 15.9 Å². The number of aromatic amines is 1. The third kappa shape index (κ3) is 2.91. The maximum absolute atomic E-state index is 12.0. The van der Waals surface area contributed by atoms with Gasteiger partial charge >= 0.3 is 6.36 Å². The summed E-state index contributed by atoms with van der Waals surface area (Å²) in [6.07, 6.45) is -3.84. The van der Waals surface area contributed by atoms with E-state index in [-0.39, 0.29) is 16.6 Å². The number of methoxy groups -OCH3 is 1. The Balaban J connectivity index is 3.21. The summed E-state index contributed by atoms with van der Waals surface area (Å²) >= 11 is 2.91. The molecule has 16 heavy (non-hydrogen) atoms. The largest absolute Gasteiger partial charge is 0.574 e. The van der Waals surface area contributed by atoms with Crippen molar-refractivity contribution < 1.29 is 22.6 Å². The molecule has 0 aromatic carbocycles. The Morgan fingerprint density at radius 2 is 2.12 bits per heavy atom. The number of H-pyrrole nitrogens is 1. The number of alkyl halides is 4. The zero-order valence-corrected chi connectivity index (χ0v) is 9.61. The first kappa shape index (κ1) is 12.9. The molecule has 4 nitrogen and oxygen atoms in total. The van der Waals surface area contributed by atoms with Crippen LogP contribution in [0.4, 0.5) is 13.2 Å². The van der Waals surface area contributed by atoms with E-state index in [2.05, 4.69) is 30.4 Å². The van der Waals surface area contributed by atoms with Crippen LogP contribution in [-0.4, -0.2) is 18.5 Å². The fraction of sp³-hybridized carbons (Fsp3) is 0.375. The van der Waals surface area contributed by atoms with Crippen molar-refractivity contribution in [1.29, 1.82) is 0 Å². The predicted octanol–water partition coefficient (Wildman–Crippen LogP) is 2.18. The third-order valence-electron chi connectivity index (χ3n) is 1.68. The number of ether oxygens (including phenoxy) is 2. The highest BCUT2D eigenvalue weighted by atomic mass is 79.9. The van der Waals surface area contributed by atoms with Gasteiger partial charge in [0.1, 0.15) is 0 Å². The molecule has 0 spiro atoms. The lowest BCUT2D eigenvalue weighted by Crippen LogP contribution is -2.22. The average Bonchev–Trinajstić information content (AvgIpc) is 2.16. The van der Waals surface area contributed by atoms with Crippen LogP contribution in [0.15, 0.2) is 11.0 Å². The molecule has 1 aromatic rings. The monoisotopic (exact) mass is 301 g/mol. The summed E-state index contributed by atoms with van der Waals surface area (Å²) in [6.45, 7) is 0. The summed E-state index contributed by atoms with van der Waals surface area (Å²) in [5, 5.41) is -0.0784. The summed E-state index contributed by atoms with van der Waals surface area (Å²) in [5.74, 6) is -0.723. The van der Waals surface area contributed by atoms with E-state index in [1.807, 2.05) is 0 Å². The number of nitrogens with one attached hydrogen (secondary N) is 1. The minimum absolute atomic E-state index is 0.0784. The fourth-order valence-electron chi connectivity index (χ4n) is 1.02. The normalized spacial score (nSPS) is 11.3. The molecule has 1 heterocycles. The maximum atomic E-state index is 12.0. The van der Waals surface area contributed by atoms with Gasteiger partial charge in [-0.25, -0.2) is 0 Å². The van der Waals surface area contributed by atoms with Crippen molar-refractivity contribution in [2.45, 2.75) is 11.7 Å². The van der Waals surface area contributed by atoms with Crippen LogP contribution in [0.5, 0.6) is 11.6 Å². The Morgan fingerprint density at radius 1 is 1.50 bits per heavy atom. The van der Waals surface area contributed by atoms with E-state index in [0.717, 1.165) is 6.20 Å². The van der Waals surface area contributed by atoms with Crippen molar-refractivity contribution in [3.8, 4) is 11.6 Å². The van der Waals surface area contributed by atoms with Crippen LogP contribution < -0.4 is 14.9 Å². The average molecular weight is 302 g/mol. The van der Waals surface area contributed by atoms with Crippen LogP contribution in [-0.2, 0) is 5.33 Å². The van der Waals surface area contributed by atoms with Crippen molar-refractivity contribution in [3.05, 3.63) is 22.0 Å². The summed E-state index contributed by atoms with van der Waals surface area (Å²) in [5.41, 5.74) is -0.839. The summed E-state index contributed by atoms with van der Waals surface area (Å²) in [4.78, 5) is 13.7. The standard InChI is InChI=1S/C8H7BrF3NO3/c1-15-5-3-13-7(16-8(10,11)12)4(2-9)6(5)14/h3H,2H2,1H3,(H,13,14). The van der Waals surface area contributed by atoms with Gasteiger partial charge in [0.25, 0.3) is 0 Å². The number of rotatable bonds is 3. The van der Waals surface area contributed by atoms with Gasteiger partial charge in [0, 0.05) is 5.33 Å². The van der Waals surface area contributed by atoms with E-state index in [9.17, 15) is 18.0 Å². The van der Waals surface area contributed by atoms with Crippen LogP contribution in [0.25, 0.3) is 0 Å². The van der Waals surface area contributed by atoms with Crippen molar-refractivity contribution in [1.82, 2.24) is 4.98 Å². The van der Waals surface area contributed by atoms with E-state index in [4.69, 9.17) is 0 Å². The molecule has 0 aliphatic rings. The van der Waals surface area contributed by atoms with Gasteiger partial charge in [-0.05, 0) is 0 Å².